The van der Waals surface area contributed by atoms with Gasteiger partial charge in [0.25, 0.3) is 0 Å². The average Bonchev–Trinajstić information content (AvgIpc) is 3.54. The molecule has 360 valence electrons. The lowest BCUT2D eigenvalue weighted by molar-refractivity contribution is 1.29. The molecule has 0 fully saturated rings. The van der Waals surface area contributed by atoms with Gasteiger partial charge >= 0.3 is 0 Å². The topological polar surface area (TPSA) is 6.48 Å². The van der Waals surface area contributed by atoms with Crippen LogP contribution in [0.4, 0.5) is 34.1 Å². The van der Waals surface area contributed by atoms with Crippen molar-refractivity contribution >= 4 is 134 Å². The quantitative estimate of drug-likeness (QED) is 0.0765. The number of fused-ring (bicyclic) bond motifs is 4. The Bertz CT molecular complexity index is 4180. The Hall–Kier alpha value is -9.50. The predicted molar refractivity (Wildman–Crippen MR) is 330 cm³/mol. The zero-order chi connectivity index (χ0) is 51.0. The molecule has 76 heavy (non-hydrogen) atoms. The zero-order valence-electron chi connectivity index (χ0n) is 43.1. The number of hydrogen-bond donors (Lipinski definition) is 0. The van der Waals surface area contributed by atoms with Gasteiger partial charge < -0.3 is 9.80 Å². The zero-order valence-corrected chi connectivity index (χ0v) is 43.1. The summed E-state index contributed by atoms with van der Waals surface area (Å²) in [6, 6.07) is 86.0. The molecular weight excluding hydrogens is 917 g/mol. The van der Waals surface area contributed by atoms with E-state index in [2.05, 4.69) is 292 Å². The Morgan fingerprint density at radius 2 is 0.434 bits per heavy atom. The third-order valence-corrected chi connectivity index (χ3v) is 15.8. The molecule has 0 spiro atoms. The molecule has 2 nitrogen and oxygen atoms in total. The van der Waals surface area contributed by atoms with Crippen LogP contribution in [0.2, 0.25) is 0 Å². The summed E-state index contributed by atoms with van der Waals surface area (Å²) in [5.74, 6) is 0. The number of hydrogen-bond acceptors (Lipinski definition) is 2. The molecule has 0 radical (unpaired) electrons. The molecule has 0 bridgehead atoms. The van der Waals surface area contributed by atoms with Crippen molar-refractivity contribution in [3.8, 4) is 0 Å². The average molecular weight is 971 g/mol. The molecule has 0 heterocycles. The van der Waals surface area contributed by atoms with Gasteiger partial charge in [0, 0.05) is 33.5 Å². The van der Waals surface area contributed by atoms with Crippen LogP contribution in [0.1, 0.15) is 44.5 Å². The lowest BCUT2D eigenvalue weighted by Crippen LogP contribution is -2.10. The highest BCUT2D eigenvalue weighted by Gasteiger charge is 2.24. The highest BCUT2D eigenvalue weighted by molar-refractivity contribution is 6.43. The van der Waals surface area contributed by atoms with Crippen LogP contribution in [0.15, 0.2) is 231 Å². The van der Waals surface area contributed by atoms with Gasteiger partial charge in [0.15, 0.2) is 0 Å². The summed E-state index contributed by atoms with van der Waals surface area (Å²) in [6.45, 7) is 8.57. The van der Waals surface area contributed by atoms with Crippen LogP contribution in [0.3, 0.4) is 0 Å². The first kappa shape index (κ1) is 45.1. The van der Waals surface area contributed by atoms with Gasteiger partial charge in [-0.2, -0.15) is 0 Å². The Balaban J connectivity index is 0.908. The fourth-order valence-corrected chi connectivity index (χ4v) is 11.9. The molecule has 0 amide bonds. The number of rotatable bonds is 10. The van der Waals surface area contributed by atoms with Crippen molar-refractivity contribution in [3.05, 3.63) is 275 Å². The van der Waals surface area contributed by atoms with E-state index >= 15 is 0 Å². The number of nitrogens with zero attached hydrogens (tertiary/aromatic N) is 2. The summed E-state index contributed by atoms with van der Waals surface area (Å²) >= 11 is 0. The lowest BCUT2D eigenvalue weighted by Gasteiger charge is -2.29. The lowest BCUT2D eigenvalue weighted by atomic mass is 9.83. The van der Waals surface area contributed by atoms with Crippen molar-refractivity contribution in [3.63, 3.8) is 0 Å². The van der Waals surface area contributed by atoms with E-state index in [-0.39, 0.29) is 0 Å². The second-order valence-electron chi connectivity index (χ2n) is 20.8. The largest absolute Gasteiger partial charge is 0.310 e. The minimum absolute atomic E-state index is 1.12. The van der Waals surface area contributed by atoms with Crippen LogP contribution in [-0.2, 0) is 0 Å². The number of aryl methyl sites for hydroxylation is 4. The second-order valence-corrected chi connectivity index (χ2v) is 20.8. The Morgan fingerprint density at radius 1 is 0.211 bits per heavy atom. The van der Waals surface area contributed by atoms with Gasteiger partial charge in [-0.15, -0.1) is 0 Å². The molecular formula is C74H54N2. The van der Waals surface area contributed by atoms with Crippen molar-refractivity contribution in [2.45, 2.75) is 27.7 Å². The maximum absolute atomic E-state index is 2.43. The van der Waals surface area contributed by atoms with Crippen molar-refractivity contribution in [1.82, 2.24) is 0 Å². The summed E-state index contributed by atoms with van der Waals surface area (Å²) in [5, 5.41) is 17.9. The normalized spacial score (nSPS) is 12.1. The number of benzene rings is 14. The van der Waals surface area contributed by atoms with Crippen LogP contribution < -0.4 is 9.80 Å². The fourth-order valence-electron chi connectivity index (χ4n) is 11.9. The molecule has 0 aliphatic rings. The van der Waals surface area contributed by atoms with Crippen LogP contribution >= 0.6 is 0 Å². The van der Waals surface area contributed by atoms with Gasteiger partial charge in [-0.05, 0) is 175 Å². The predicted octanol–water partition coefficient (Wildman–Crippen LogP) is 21.1. The first-order chi connectivity index (χ1) is 37.3. The van der Waals surface area contributed by atoms with Crippen molar-refractivity contribution < 1.29 is 0 Å². The first-order valence-electron chi connectivity index (χ1n) is 26.5. The third-order valence-electron chi connectivity index (χ3n) is 15.8. The molecule has 14 aromatic carbocycles. The van der Waals surface area contributed by atoms with Crippen LogP contribution in [0.25, 0.3) is 99.7 Å². The summed E-state index contributed by atoms with van der Waals surface area (Å²) in [4.78, 5) is 4.86. The fraction of sp³-hybridized carbons (Fsp3) is 0.0541. The van der Waals surface area contributed by atoms with E-state index in [0.29, 0.717) is 0 Å². The van der Waals surface area contributed by atoms with E-state index in [1.165, 1.54) is 109 Å². The monoisotopic (exact) mass is 970 g/mol. The van der Waals surface area contributed by atoms with E-state index in [4.69, 9.17) is 0 Å². The minimum atomic E-state index is 1.12. The minimum Gasteiger partial charge on any atom is -0.310 e. The van der Waals surface area contributed by atoms with E-state index in [1.54, 1.807) is 0 Å². The standard InChI is InChI=1S/C74H54N2/c1-47-11-19-51(20-12-47)23-25-53-27-35-57(36-28-53)75(55-31-15-49(3)16-32-55)69-45-43-61-65-41-40-64-60-8-6-10-68-70(46-44-62(72(60)68)66-42-39-63(73(65)74(64)66)59-7-5-9-67(69)71(59)61)76(56-33-17-50(4)18-34-56)58-37-29-54(30-38-58)26-24-52-21-13-48(2)14-22-52/h5-46H,1-4H3/b25-23+,26-24+. The van der Waals surface area contributed by atoms with Crippen LogP contribution in [-0.4, -0.2) is 0 Å². The number of anilines is 6. The molecule has 14 rings (SSSR count). The van der Waals surface area contributed by atoms with E-state index in [0.717, 1.165) is 45.3 Å². The van der Waals surface area contributed by atoms with E-state index < -0.39 is 0 Å². The highest BCUT2D eigenvalue weighted by Crippen LogP contribution is 2.51. The van der Waals surface area contributed by atoms with Gasteiger partial charge in [0.2, 0.25) is 0 Å². The van der Waals surface area contributed by atoms with Gasteiger partial charge in [-0.1, -0.05) is 216 Å². The molecule has 14 aromatic rings. The van der Waals surface area contributed by atoms with Gasteiger partial charge in [-0.3, -0.25) is 0 Å². The van der Waals surface area contributed by atoms with Gasteiger partial charge in [0.05, 0.1) is 11.4 Å². The van der Waals surface area contributed by atoms with Gasteiger partial charge in [-0.25, -0.2) is 0 Å². The molecule has 0 aliphatic carbocycles. The summed E-state index contributed by atoms with van der Waals surface area (Å²) < 4.78 is 0. The maximum Gasteiger partial charge on any atom is 0.0540 e. The SMILES string of the molecule is Cc1ccc(/C=C/c2ccc(N(c3ccc(C)cc3)c3ccc4c5ccc6c7cccc8c(N(c9ccc(C)cc9)c9ccc(/C=C/c%10ccc(C)cc%10)cc9)ccc(c9ccc(c%10cccc3c%104)c5c69)c87)cc2)cc1. The summed E-state index contributed by atoms with van der Waals surface area (Å²) in [5.41, 5.74) is 16.5. The molecule has 0 unspecified atom stereocenters. The Morgan fingerprint density at radius 3 is 0.750 bits per heavy atom. The van der Waals surface area contributed by atoms with Crippen molar-refractivity contribution in [2.75, 3.05) is 9.80 Å². The molecule has 0 saturated heterocycles. The van der Waals surface area contributed by atoms with E-state index in [1.807, 2.05) is 0 Å². The van der Waals surface area contributed by atoms with Crippen molar-refractivity contribution in [1.29, 1.82) is 0 Å². The van der Waals surface area contributed by atoms with Gasteiger partial charge in [0.1, 0.15) is 0 Å². The molecule has 0 saturated carbocycles. The highest BCUT2D eigenvalue weighted by atomic mass is 15.1. The van der Waals surface area contributed by atoms with Crippen LogP contribution in [0.5, 0.6) is 0 Å². The molecule has 0 aliphatic heterocycles. The third kappa shape index (κ3) is 7.64. The smallest absolute Gasteiger partial charge is 0.0540 e. The molecule has 0 aromatic heterocycles. The Kier molecular flexibility index (Phi) is 10.8. The molecule has 2 heteroatoms. The summed E-state index contributed by atoms with van der Waals surface area (Å²) in [7, 11) is 0. The first-order valence-corrected chi connectivity index (χ1v) is 26.5. The second kappa shape index (κ2) is 18.2. The van der Waals surface area contributed by atoms with Crippen molar-refractivity contribution in [2.24, 2.45) is 0 Å². The summed E-state index contributed by atoms with van der Waals surface area (Å²) in [6.07, 6.45) is 8.78. The molecule has 0 atom stereocenters. The Labute approximate surface area is 444 Å². The van der Waals surface area contributed by atoms with Crippen LogP contribution in [0, 0.1) is 27.7 Å². The maximum atomic E-state index is 2.43. The van der Waals surface area contributed by atoms with E-state index in [9.17, 15) is 0 Å². The molecule has 0 N–H and O–H groups in total.